The summed E-state index contributed by atoms with van der Waals surface area (Å²) in [6, 6.07) is 10.7. The van der Waals surface area contributed by atoms with Crippen LogP contribution in [0.5, 0.6) is 0 Å². The molecule has 158 valence electrons. The molecule has 0 aliphatic heterocycles. The van der Waals surface area contributed by atoms with E-state index in [1.807, 2.05) is 33.0 Å². The zero-order chi connectivity index (χ0) is 21.6. The standard InChI is InChI=1S/C25H29BrN2O2/c1-6-16-21(25(4,5)24(29)30-8-3)20-18-14-15(26)11-12-19(18)28(7-2)23(20)17-10-9-13-27-22(16)17/h9-14,16,21H,6-8H2,1-5H3/t16-,21?/m0/s1. The predicted octanol–water partition coefficient (Wildman–Crippen LogP) is 6.67. The number of halogens is 1. The van der Waals surface area contributed by atoms with Crippen molar-refractivity contribution in [3.8, 4) is 11.3 Å². The fourth-order valence-corrected chi connectivity index (χ4v) is 5.66. The molecule has 30 heavy (non-hydrogen) atoms. The molecule has 0 fully saturated rings. The van der Waals surface area contributed by atoms with Gasteiger partial charge in [-0.25, -0.2) is 0 Å². The summed E-state index contributed by atoms with van der Waals surface area (Å²) in [5.74, 6) is -0.0299. The molecule has 0 radical (unpaired) electrons. The normalized spacial score (nSPS) is 18.2. The number of nitrogens with zero attached hydrogens (tertiary/aromatic N) is 2. The summed E-state index contributed by atoms with van der Waals surface area (Å²) in [4.78, 5) is 18.0. The highest BCUT2D eigenvalue weighted by atomic mass is 79.9. The molecule has 0 amide bonds. The van der Waals surface area contributed by atoms with Crippen LogP contribution in [0.2, 0.25) is 0 Å². The molecule has 5 heteroatoms. The van der Waals surface area contributed by atoms with Gasteiger partial charge in [0.1, 0.15) is 0 Å². The third-order valence-corrected chi connectivity index (χ3v) is 7.05. The lowest BCUT2D eigenvalue weighted by Gasteiger charge is -2.41. The number of pyridine rings is 1. The van der Waals surface area contributed by atoms with E-state index in [2.05, 4.69) is 58.6 Å². The summed E-state index contributed by atoms with van der Waals surface area (Å²) < 4.78 is 8.97. The molecule has 0 bridgehead atoms. The zero-order valence-corrected chi connectivity index (χ0v) is 19.9. The second kappa shape index (κ2) is 7.84. The highest BCUT2D eigenvalue weighted by Gasteiger charge is 2.49. The first-order valence-electron chi connectivity index (χ1n) is 10.8. The number of rotatable bonds is 5. The van der Waals surface area contributed by atoms with Crippen molar-refractivity contribution in [1.82, 2.24) is 9.55 Å². The zero-order valence-electron chi connectivity index (χ0n) is 18.3. The maximum absolute atomic E-state index is 13.2. The fourth-order valence-electron chi connectivity index (χ4n) is 5.30. The molecule has 1 aliphatic carbocycles. The van der Waals surface area contributed by atoms with Crippen LogP contribution in [-0.4, -0.2) is 22.1 Å². The Morgan fingerprint density at radius 3 is 2.67 bits per heavy atom. The van der Waals surface area contributed by atoms with Crippen molar-refractivity contribution in [2.75, 3.05) is 6.61 Å². The summed E-state index contributed by atoms with van der Waals surface area (Å²) in [6.45, 7) is 11.5. The van der Waals surface area contributed by atoms with E-state index in [1.54, 1.807) is 0 Å². The van der Waals surface area contributed by atoms with Gasteiger partial charge in [0, 0.05) is 45.5 Å². The Hall–Kier alpha value is -2.14. The molecule has 4 rings (SSSR count). The Labute approximate surface area is 186 Å². The van der Waals surface area contributed by atoms with Crippen LogP contribution in [0.3, 0.4) is 0 Å². The van der Waals surface area contributed by atoms with Gasteiger partial charge in [-0.3, -0.25) is 9.78 Å². The van der Waals surface area contributed by atoms with Crippen molar-refractivity contribution in [3.05, 3.63) is 52.3 Å². The minimum atomic E-state index is -0.685. The topological polar surface area (TPSA) is 44.1 Å². The lowest BCUT2D eigenvalue weighted by molar-refractivity contribution is -0.155. The average Bonchev–Trinajstić information content (AvgIpc) is 3.06. The first-order valence-corrected chi connectivity index (χ1v) is 11.6. The van der Waals surface area contributed by atoms with Gasteiger partial charge in [0.2, 0.25) is 0 Å². The lowest BCUT2D eigenvalue weighted by Crippen LogP contribution is -2.38. The van der Waals surface area contributed by atoms with Gasteiger partial charge in [0.15, 0.2) is 0 Å². The second-order valence-corrected chi connectivity index (χ2v) is 9.45. The molecule has 2 aromatic heterocycles. The van der Waals surface area contributed by atoms with E-state index in [9.17, 15) is 4.79 Å². The number of aryl methyl sites for hydroxylation is 1. The van der Waals surface area contributed by atoms with Crippen LogP contribution in [0.15, 0.2) is 41.0 Å². The number of esters is 1. The van der Waals surface area contributed by atoms with E-state index in [-0.39, 0.29) is 17.8 Å². The van der Waals surface area contributed by atoms with Crippen LogP contribution in [-0.2, 0) is 16.1 Å². The number of hydrogen-bond donors (Lipinski definition) is 0. The van der Waals surface area contributed by atoms with E-state index in [0.717, 1.165) is 23.1 Å². The molecular formula is C25H29BrN2O2. The van der Waals surface area contributed by atoms with Gasteiger partial charge in [0.05, 0.1) is 23.4 Å². The maximum Gasteiger partial charge on any atom is 0.312 e. The molecule has 2 heterocycles. The Kier molecular flexibility index (Phi) is 5.52. The minimum Gasteiger partial charge on any atom is -0.466 e. The van der Waals surface area contributed by atoms with Gasteiger partial charge < -0.3 is 9.30 Å². The monoisotopic (exact) mass is 468 g/mol. The Morgan fingerprint density at radius 1 is 1.23 bits per heavy atom. The maximum atomic E-state index is 13.2. The first-order chi connectivity index (χ1) is 14.4. The fraction of sp³-hybridized carbons (Fsp3) is 0.440. The summed E-state index contributed by atoms with van der Waals surface area (Å²) >= 11 is 3.67. The van der Waals surface area contributed by atoms with Crippen LogP contribution in [0.25, 0.3) is 22.2 Å². The third kappa shape index (κ3) is 3.01. The number of ether oxygens (including phenoxy) is 1. The van der Waals surface area contributed by atoms with Gasteiger partial charge >= 0.3 is 5.97 Å². The molecular weight excluding hydrogens is 440 g/mol. The van der Waals surface area contributed by atoms with Gasteiger partial charge in [-0.05, 0) is 70.0 Å². The van der Waals surface area contributed by atoms with Crippen molar-refractivity contribution in [2.45, 2.75) is 59.4 Å². The molecule has 2 atom stereocenters. The van der Waals surface area contributed by atoms with Crippen molar-refractivity contribution in [1.29, 1.82) is 0 Å². The van der Waals surface area contributed by atoms with E-state index in [1.165, 1.54) is 27.7 Å². The number of benzene rings is 1. The molecule has 0 spiro atoms. The van der Waals surface area contributed by atoms with Gasteiger partial charge in [-0.1, -0.05) is 22.9 Å². The number of hydrogen-bond acceptors (Lipinski definition) is 3. The molecule has 0 saturated carbocycles. The molecule has 3 aromatic rings. The first kappa shape index (κ1) is 21.1. The SMILES string of the molecule is CCOC(=O)C(C)(C)C1c2c(n(CC)c3ccc(Br)cc23)-c2cccnc2[C@H]1CC. The number of aromatic nitrogens is 2. The van der Waals surface area contributed by atoms with E-state index >= 15 is 0 Å². The Balaban J connectivity index is 2.13. The number of fused-ring (bicyclic) bond motifs is 5. The molecule has 0 N–H and O–H groups in total. The Bertz CT molecular complexity index is 1120. The largest absolute Gasteiger partial charge is 0.466 e. The van der Waals surface area contributed by atoms with E-state index < -0.39 is 5.41 Å². The van der Waals surface area contributed by atoms with Crippen molar-refractivity contribution in [2.24, 2.45) is 5.41 Å². The molecule has 1 aliphatic rings. The van der Waals surface area contributed by atoms with Gasteiger partial charge in [0.25, 0.3) is 0 Å². The molecule has 1 unspecified atom stereocenters. The van der Waals surface area contributed by atoms with Crippen LogP contribution in [0.4, 0.5) is 0 Å². The lowest BCUT2D eigenvalue weighted by atomic mass is 9.62. The second-order valence-electron chi connectivity index (χ2n) is 8.54. The smallest absolute Gasteiger partial charge is 0.312 e. The van der Waals surface area contributed by atoms with Crippen molar-refractivity contribution < 1.29 is 9.53 Å². The predicted molar refractivity (Wildman–Crippen MR) is 125 cm³/mol. The summed E-state index contributed by atoms with van der Waals surface area (Å²) in [5.41, 5.74) is 5.23. The van der Waals surface area contributed by atoms with Gasteiger partial charge in [-0.2, -0.15) is 0 Å². The van der Waals surface area contributed by atoms with Crippen LogP contribution < -0.4 is 0 Å². The number of carbonyl (C=O) groups excluding carboxylic acids is 1. The van der Waals surface area contributed by atoms with Gasteiger partial charge in [-0.15, -0.1) is 0 Å². The van der Waals surface area contributed by atoms with E-state index in [0.29, 0.717) is 6.61 Å². The summed E-state index contributed by atoms with van der Waals surface area (Å²) in [6.07, 6.45) is 2.78. The molecule has 1 aromatic carbocycles. The van der Waals surface area contributed by atoms with E-state index in [4.69, 9.17) is 9.72 Å². The van der Waals surface area contributed by atoms with Crippen molar-refractivity contribution >= 4 is 32.8 Å². The van der Waals surface area contributed by atoms with Crippen LogP contribution in [0, 0.1) is 5.41 Å². The summed E-state index contributed by atoms with van der Waals surface area (Å²) in [7, 11) is 0. The molecule has 0 saturated heterocycles. The van der Waals surface area contributed by atoms with Crippen LogP contribution in [0.1, 0.15) is 64.1 Å². The Morgan fingerprint density at radius 2 is 2.00 bits per heavy atom. The summed E-state index contributed by atoms with van der Waals surface area (Å²) in [5, 5.41) is 1.21. The molecule has 4 nitrogen and oxygen atoms in total. The third-order valence-electron chi connectivity index (χ3n) is 6.56. The van der Waals surface area contributed by atoms with Crippen LogP contribution >= 0.6 is 15.9 Å². The quantitative estimate of drug-likeness (QED) is 0.392. The highest BCUT2D eigenvalue weighted by molar-refractivity contribution is 9.10. The number of carbonyl (C=O) groups is 1. The average molecular weight is 469 g/mol. The minimum absolute atomic E-state index is 0.0245. The highest BCUT2D eigenvalue weighted by Crippen LogP contribution is 2.57. The van der Waals surface area contributed by atoms with Crippen molar-refractivity contribution in [3.63, 3.8) is 0 Å².